The molecular weight excluding hydrogens is 301 g/mol. The van der Waals surface area contributed by atoms with Crippen molar-refractivity contribution in [3.8, 4) is 11.1 Å². The second kappa shape index (κ2) is 6.75. The Hall–Kier alpha value is -2.14. The molecule has 0 amide bonds. The van der Waals surface area contributed by atoms with Crippen LogP contribution in [-0.4, -0.2) is 14.2 Å². The molecule has 5 heteroatoms. The summed E-state index contributed by atoms with van der Waals surface area (Å²) < 4.78 is 39.0. The Morgan fingerprint density at radius 3 is 2.36 bits per heavy atom. The number of hydrogen-bond acceptors (Lipinski definition) is 2. The molecule has 0 saturated carbocycles. The topological polar surface area (TPSA) is 46.2 Å². The minimum absolute atomic E-state index is 0.0308. The predicted molar refractivity (Wildman–Crippen MR) is 88.1 cm³/mol. The third-order valence-corrected chi connectivity index (χ3v) is 4.60. The number of allylic oxidation sites excluding steroid dienone is 1. The van der Waals surface area contributed by atoms with E-state index in [0.717, 1.165) is 16.7 Å². The maximum absolute atomic E-state index is 13.7. The molecule has 3 nitrogen and oxygen atoms in total. The van der Waals surface area contributed by atoms with Crippen molar-refractivity contribution < 1.29 is 12.8 Å². The van der Waals surface area contributed by atoms with Crippen molar-refractivity contribution in [3.63, 3.8) is 0 Å². The number of halogens is 1. The first-order chi connectivity index (χ1) is 10.4. The van der Waals surface area contributed by atoms with Crippen molar-refractivity contribution in [2.45, 2.75) is 13.8 Å². The fourth-order valence-corrected chi connectivity index (χ4v) is 2.48. The Balaban J connectivity index is 2.22. The monoisotopic (exact) mass is 319 g/mol. The maximum atomic E-state index is 13.7. The lowest BCUT2D eigenvalue weighted by Gasteiger charge is -2.07. The Kier molecular flexibility index (Phi) is 4.98. The van der Waals surface area contributed by atoms with Gasteiger partial charge in [0.2, 0.25) is 10.0 Å². The lowest BCUT2D eigenvalue weighted by Crippen LogP contribution is -2.19. The van der Waals surface area contributed by atoms with Crippen LogP contribution in [0.15, 0.2) is 54.7 Å². The maximum Gasteiger partial charge on any atom is 0.231 e. The highest BCUT2D eigenvalue weighted by Crippen LogP contribution is 2.24. The van der Waals surface area contributed by atoms with Gasteiger partial charge >= 0.3 is 0 Å². The summed E-state index contributed by atoms with van der Waals surface area (Å²) >= 11 is 0. The van der Waals surface area contributed by atoms with E-state index in [4.69, 9.17) is 0 Å². The number of nitrogens with one attached hydrogen (secondary N) is 1. The van der Waals surface area contributed by atoms with Crippen LogP contribution in [0.25, 0.3) is 16.7 Å². The first-order valence-corrected chi connectivity index (χ1v) is 8.60. The van der Waals surface area contributed by atoms with Crippen LogP contribution >= 0.6 is 0 Å². The lowest BCUT2D eigenvalue weighted by atomic mass is 10.0. The SMILES string of the molecule is CCS(=O)(=O)NC=C(C)c1ccc(-c2ccccc2F)cc1. The molecule has 0 aliphatic rings. The lowest BCUT2D eigenvalue weighted by molar-refractivity contribution is 0.592. The van der Waals surface area contributed by atoms with E-state index in [0.29, 0.717) is 5.56 Å². The van der Waals surface area contributed by atoms with E-state index in [9.17, 15) is 12.8 Å². The number of rotatable bonds is 5. The van der Waals surface area contributed by atoms with Crippen LogP contribution in [0.2, 0.25) is 0 Å². The molecule has 116 valence electrons. The summed E-state index contributed by atoms with van der Waals surface area (Å²) in [7, 11) is -3.26. The number of hydrogen-bond donors (Lipinski definition) is 1. The molecule has 0 bridgehead atoms. The van der Waals surface area contributed by atoms with Crippen LogP contribution in [0.3, 0.4) is 0 Å². The molecule has 1 N–H and O–H groups in total. The van der Waals surface area contributed by atoms with Gasteiger partial charge < -0.3 is 0 Å². The smallest absolute Gasteiger partial charge is 0.231 e. The molecule has 0 aliphatic carbocycles. The average molecular weight is 319 g/mol. The van der Waals surface area contributed by atoms with E-state index in [-0.39, 0.29) is 11.6 Å². The van der Waals surface area contributed by atoms with Crippen LogP contribution < -0.4 is 4.72 Å². The first-order valence-electron chi connectivity index (χ1n) is 6.95. The van der Waals surface area contributed by atoms with Crippen molar-refractivity contribution in [1.82, 2.24) is 4.72 Å². The van der Waals surface area contributed by atoms with Gasteiger partial charge in [-0.1, -0.05) is 42.5 Å². The summed E-state index contributed by atoms with van der Waals surface area (Å²) in [5.41, 5.74) is 2.99. The van der Waals surface area contributed by atoms with Gasteiger partial charge in [0.05, 0.1) is 5.75 Å². The summed E-state index contributed by atoms with van der Waals surface area (Å²) in [6.07, 6.45) is 1.47. The summed E-state index contributed by atoms with van der Waals surface area (Å²) in [6, 6.07) is 13.9. The third-order valence-electron chi connectivity index (χ3n) is 3.36. The van der Waals surface area contributed by atoms with Gasteiger partial charge in [0, 0.05) is 11.8 Å². The van der Waals surface area contributed by atoms with Gasteiger partial charge in [-0.2, -0.15) is 0 Å². The summed E-state index contributed by atoms with van der Waals surface area (Å²) in [5, 5.41) is 0. The molecule has 2 rings (SSSR count). The standard InChI is InChI=1S/C17H18FNO2S/c1-3-22(20,21)19-12-13(2)14-8-10-15(11-9-14)16-6-4-5-7-17(16)18/h4-12,19H,3H2,1-2H3. The largest absolute Gasteiger partial charge is 0.290 e. The second-order valence-corrected chi connectivity index (χ2v) is 6.95. The first kappa shape index (κ1) is 16.2. The molecule has 2 aromatic carbocycles. The van der Waals surface area contributed by atoms with Crippen molar-refractivity contribution >= 4 is 15.6 Å². The van der Waals surface area contributed by atoms with E-state index in [2.05, 4.69) is 4.72 Å². The molecule has 0 aliphatic heterocycles. The van der Waals surface area contributed by atoms with Gasteiger partial charge in [0.25, 0.3) is 0 Å². The van der Waals surface area contributed by atoms with Gasteiger partial charge in [-0.3, -0.25) is 4.72 Å². The van der Waals surface area contributed by atoms with E-state index in [1.54, 1.807) is 25.1 Å². The molecule has 0 heterocycles. The molecule has 22 heavy (non-hydrogen) atoms. The summed E-state index contributed by atoms with van der Waals surface area (Å²) in [5.74, 6) is -0.235. The van der Waals surface area contributed by atoms with Gasteiger partial charge in [0.15, 0.2) is 0 Å². The molecule has 0 saturated heterocycles. The molecule has 0 aromatic heterocycles. The highest BCUT2D eigenvalue weighted by molar-refractivity contribution is 7.89. The van der Waals surface area contributed by atoms with E-state index in [1.165, 1.54) is 12.3 Å². The van der Waals surface area contributed by atoms with E-state index in [1.807, 2.05) is 31.2 Å². The molecular formula is C17H18FNO2S. The molecule has 0 atom stereocenters. The van der Waals surface area contributed by atoms with Crippen molar-refractivity contribution in [1.29, 1.82) is 0 Å². The predicted octanol–water partition coefficient (Wildman–Crippen LogP) is 3.79. The molecule has 2 aromatic rings. The zero-order valence-electron chi connectivity index (χ0n) is 12.5. The zero-order valence-corrected chi connectivity index (χ0v) is 13.3. The van der Waals surface area contributed by atoms with Gasteiger partial charge in [-0.05, 0) is 36.6 Å². The highest BCUT2D eigenvalue weighted by Gasteiger charge is 2.06. The number of sulfonamides is 1. The van der Waals surface area contributed by atoms with Crippen molar-refractivity contribution in [2.24, 2.45) is 0 Å². The fraction of sp³-hybridized carbons (Fsp3) is 0.176. The zero-order chi connectivity index (χ0) is 16.2. The Morgan fingerprint density at radius 2 is 1.77 bits per heavy atom. The quantitative estimate of drug-likeness (QED) is 0.911. The average Bonchev–Trinajstić information content (AvgIpc) is 2.53. The minimum Gasteiger partial charge on any atom is -0.290 e. The van der Waals surface area contributed by atoms with Gasteiger partial charge in [0.1, 0.15) is 5.82 Å². The van der Waals surface area contributed by atoms with Crippen LogP contribution in [-0.2, 0) is 10.0 Å². The molecule has 0 unspecified atom stereocenters. The van der Waals surface area contributed by atoms with Crippen LogP contribution in [0.5, 0.6) is 0 Å². The summed E-state index contributed by atoms with van der Waals surface area (Å²) in [4.78, 5) is 0. The Bertz CT molecular complexity index is 781. The fourth-order valence-electron chi connectivity index (χ4n) is 1.95. The normalized spacial score (nSPS) is 12.2. The van der Waals surface area contributed by atoms with Crippen LogP contribution in [0, 0.1) is 5.82 Å². The summed E-state index contributed by atoms with van der Waals surface area (Å²) in [6.45, 7) is 3.39. The van der Waals surface area contributed by atoms with Crippen molar-refractivity contribution in [3.05, 3.63) is 66.1 Å². The van der Waals surface area contributed by atoms with Gasteiger partial charge in [-0.25, -0.2) is 12.8 Å². The van der Waals surface area contributed by atoms with Crippen LogP contribution in [0.4, 0.5) is 4.39 Å². The van der Waals surface area contributed by atoms with E-state index < -0.39 is 10.0 Å². The minimum atomic E-state index is -3.26. The number of benzene rings is 2. The van der Waals surface area contributed by atoms with Crippen LogP contribution in [0.1, 0.15) is 19.4 Å². The Morgan fingerprint density at radius 1 is 1.14 bits per heavy atom. The molecule has 0 fully saturated rings. The molecule has 0 radical (unpaired) electrons. The van der Waals surface area contributed by atoms with Crippen molar-refractivity contribution in [2.75, 3.05) is 5.75 Å². The highest BCUT2D eigenvalue weighted by atomic mass is 32.2. The van der Waals surface area contributed by atoms with Gasteiger partial charge in [-0.15, -0.1) is 0 Å². The third kappa shape index (κ3) is 3.95. The van der Waals surface area contributed by atoms with E-state index >= 15 is 0 Å². The Labute approximate surface area is 130 Å². The second-order valence-electron chi connectivity index (χ2n) is 4.91. The molecule has 0 spiro atoms.